The van der Waals surface area contributed by atoms with E-state index >= 15 is 0 Å². The molecule has 1 rings (SSSR count). The monoisotopic (exact) mass is 207 g/mol. The molecule has 0 amide bonds. The molecule has 2 heteroatoms. The zero-order chi connectivity index (χ0) is 11.3. The smallest absolute Gasteiger partial charge is 0.0761 e. The summed E-state index contributed by atoms with van der Waals surface area (Å²) in [4.78, 5) is 2.37. The molecule has 0 fully saturated rings. The molecule has 2 nitrogen and oxygen atoms in total. The molecule has 0 unspecified atom stereocenters. The number of rotatable bonds is 5. The van der Waals surface area contributed by atoms with Crippen molar-refractivity contribution < 1.29 is 5.11 Å². The molecule has 15 heavy (non-hydrogen) atoms. The molecule has 0 saturated carbocycles. The number of hydrogen-bond donors (Lipinski definition) is 1. The molecular weight excluding hydrogens is 186 g/mol. The number of aliphatic hydroxyl groups excluding tert-OH is 1. The van der Waals surface area contributed by atoms with E-state index in [4.69, 9.17) is 0 Å². The molecule has 0 aliphatic heterocycles. The minimum absolute atomic E-state index is 0.368. The van der Waals surface area contributed by atoms with E-state index < -0.39 is 0 Å². The highest BCUT2D eigenvalue weighted by Crippen LogP contribution is 2.13. The van der Waals surface area contributed by atoms with Crippen molar-refractivity contribution in [3.63, 3.8) is 0 Å². The summed E-state index contributed by atoms with van der Waals surface area (Å²) in [6, 6.07) is 8.20. The predicted molar refractivity (Wildman–Crippen MR) is 63.7 cm³/mol. The van der Waals surface area contributed by atoms with Crippen LogP contribution in [0.5, 0.6) is 0 Å². The lowest BCUT2D eigenvalue weighted by molar-refractivity contribution is 0.199. The van der Waals surface area contributed by atoms with Gasteiger partial charge < -0.3 is 5.11 Å². The molecule has 0 spiro atoms. The van der Waals surface area contributed by atoms with Crippen LogP contribution in [-0.4, -0.2) is 23.1 Å². The van der Waals surface area contributed by atoms with E-state index in [2.05, 4.69) is 30.9 Å². The normalized spacial score (nSPS) is 13.1. The van der Waals surface area contributed by atoms with E-state index in [1.54, 1.807) is 6.92 Å². The summed E-state index contributed by atoms with van der Waals surface area (Å²) in [6.07, 6.45) is -0.368. The molecule has 0 aliphatic rings. The molecule has 84 valence electrons. The maximum Gasteiger partial charge on any atom is 0.0761 e. The zero-order valence-corrected chi connectivity index (χ0v) is 9.90. The summed E-state index contributed by atoms with van der Waals surface area (Å²) >= 11 is 0. The fourth-order valence-corrected chi connectivity index (χ4v) is 1.61. The molecule has 0 radical (unpaired) electrons. The number of aliphatic hydroxyl groups is 1. The van der Waals surface area contributed by atoms with Crippen LogP contribution in [0.1, 0.15) is 38.0 Å². The van der Waals surface area contributed by atoms with E-state index in [0.29, 0.717) is 0 Å². The highest BCUT2D eigenvalue weighted by atomic mass is 16.3. The number of nitrogens with zero attached hydrogens (tertiary/aromatic N) is 1. The highest BCUT2D eigenvalue weighted by Gasteiger charge is 2.03. The standard InChI is InChI=1S/C13H21NO/c1-4-14(5-2)10-12-6-8-13(9-7-12)11(3)15/h6-9,11,15H,4-5,10H2,1-3H3/t11-/m0/s1. The van der Waals surface area contributed by atoms with Crippen LogP contribution in [0.2, 0.25) is 0 Å². The Morgan fingerprint density at radius 2 is 1.67 bits per heavy atom. The van der Waals surface area contributed by atoms with Crippen LogP contribution in [0.25, 0.3) is 0 Å². The fourth-order valence-electron chi connectivity index (χ4n) is 1.61. The maximum atomic E-state index is 9.38. The zero-order valence-electron chi connectivity index (χ0n) is 9.90. The van der Waals surface area contributed by atoms with Gasteiger partial charge in [-0.15, -0.1) is 0 Å². The van der Waals surface area contributed by atoms with Crippen LogP contribution in [-0.2, 0) is 6.54 Å². The van der Waals surface area contributed by atoms with Gasteiger partial charge in [-0.1, -0.05) is 38.1 Å². The first-order valence-electron chi connectivity index (χ1n) is 5.66. The molecule has 1 aromatic rings. The average Bonchev–Trinajstić information content (AvgIpc) is 2.26. The molecule has 0 heterocycles. The maximum absolute atomic E-state index is 9.38. The van der Waals surface area contributed by atoms with Crippen LogP contribution >= 0.6 is 0 Å². The SMILES string of the molecule is CCN(CC)Cc1ccc([C@H](C)O)cc1. The van der Waals surface area contributed by atoms with Crippen molar-refractivity contribution in [2.24, 2.45) is 0 Å². The first-order chi connectivity index (χ1) is 7.17. The minimum Gasteiger partial charge on any atom is -0.389 e. The van der Waals surface area contributed by atoms with Crippen LogP contribution in [0.15, 0.2) is 24.3 Å². The lowest BCUT2D eigenvalue weighted by atomic mass is 10.1. The summed E-state index contributed by atoms with van der Waals surface area (Å²) in [7, 11) is 0. The van der Waals surface area contributed by atoms with Gasteiger partial charge >= 0.3 is 0 Å². The third-order valence-corrected chi connectivity index (χ3v) is 2.76. The summed E-state index contributed by atoms with van der Waals surface area (Å²) in [5, 5.41) is 9.38. The second-order valence-corrected chi connectivity index (χ2v) is 3.88. The van der Waals surface area contributed by atoms with E-state index in [-0.39, 0.29) is 6.10 Å². The summed E-state index contributed by atoms with van der Waals surface area (Å²) in [5.41, 5.74) is 2.29. The summed E-state index contributed by atoms with van der Waals surface area (Å²) in [5.74, 6) is 0. The first-order valence-corrected chi connectivity index (χ1v) is 5.66. The highest BCUT2D eigenvalue weighted by molar-refractivity contribution is 5.23. The Labute approximate surface area is 92.5 Å². The molecule has 0 bridgehead atoms. The molecule has 1 aromatic carbocycles. The molecule has 0 aliphatic carbocycles. The van der Waals surface area contributed by atoms with Gasteiger partial charge in [-0.05, 0) is 31.1 Å². The second-order valence-electron chi connectivity index (χ2n) is 3.88. The van der Waals surface area contributed by atoms with Crippen molar-refractivity contribution in [3.05, 3.63) is 35.4 Å². The van der Waals surface area contributed by atoms with Crippen molar-refractivity contribution in [1.82, 2.24) is 4.90 Å². The van der Waals surface area contributed by atoms with Crippen molar-refractivity contribution in [3.8, 4) is 0 Å². The van der Waals surface area contributed by atoms with Gasteiger partial charge in [0.1, 0.15) is 0 Å². The minimum atomic E-state index is -0.368. The van der Waals surface area contributed by atoms with Gasteiger partial charge in [0.15, 0.2) is 0 Å². The molecule has 0 saturated heterocycles. The van der Waals surface area contributed by atoms with E-state index in [0.717, 1.165) is 25.2 Å². The lowest BCUT2D eigenvalue weighted by Gasteiger charge is -2.18. The van der Waals surface area contributed by atoms with E-state index in [1.165, 1.54) is 5.56 Å². The molecule has 1 atom stereocenters. The van der Waals surface area contributed by atoms with Gasteiger partial charge in [-0.25, -0.2) is 0 Å². The average molecular weight is 207 g/mol. The van der Waals surface area contributed by atoms with Crippen molar-refractivity contribution in [2.45, 2.75) is 33.4 Å². The largest absolute Gasteiger partial charge is 0.389 e. The predicted octanol–water partition coefficient (Wildman–Crippen LogP) is 2.58. The number of benzene rings is 1. The summed E-state index contributed by atoms with van der Waals surface area (Å²) < 4.78 is 0. The second kappa shape index (κ2) is 5.89. The Balaban J connectivity index is 2.63. The topological polar surface area (TPSA) is 23.5 Å². The summed E-state index contributed by atoms with van der Waals surface area (Å²) in [6.45, 7) is 9.29. The van der Waals surface area contributed by atoms with Crippen LogP contribution in [0, 0.1) is 0 Å². The van der Waals surface area contributed by atoms with Gasteiger partial charge in [0.2, 0.25) is 0 Å². The van der Waals surface area contributed by atoms with Crippen LogP contribution in [0.4, 0.5) is 0 Å². The Hall–Kier alpha value is -0.860. The third kappa shape index (κ3) is 3.65. The van der Waals surface area contributed by atoms with Crippen LogP contribution in [0.3, 0.4) is 0 Å². The molecule has 1 N–H and O–H groups in total. The third-order valence-electron chi connectivity index (χ3n) is 2.76. The van der Waals surface area contributed by atoms with Crippen molar-refractivity contribution >= 4 is 0 Å². The fraction of sp³-hybridized carbons (Fsp3) is 0.538. The Kier molecular flexibility index (Phi) is 4.79. The van der Waals surface area contributed by atoms with E-state index in [9.17, 15) is 5.11 Å². The van der Waals surface area contributed by atoms with Gasteiger partial charge in [-0.2, -0.15) is 0 Å². The van der Waals surface area contributed by atoms with Gasteiger partial charge in [0, 0.05) is 6.54 Å². The Morgan fingerprint density at radius 3 is 2.07 bits per heavy atom. The van der Waals surface area contributed by atoms with Crippen molar-refractivity contribution in [1.29, 1.82) is 0 Å². The van der Waals surface area contributed by atoms with Gasteiger partial charge in [0.05, 0.1) is 6.10 Å². The lowest BCUT2D eigenvalue weighted by Crippen LogP contribution is -2.22. The quantitative estimate of drug-likeness (QED) is 0.802. The van der Waals surface area contributed by atoms with Crippen molar-refractivity contribution in [2.75, 3.05) is 13.1 Å². The number of hydrogen-bond acceptors (Lipinski definition) is 2. The Morgan fingerprint density at radius 1 is 1.13 bits per heavy atom. The van der Waals surface area contributed by atoms with E-state index in [1.807, 2.05) is 12.1 Å². The van der Waals surface area contributed by atoms with Crippen LogP contribution < -0.4 is 0 Å². The van der Waals surface area contributed by atoms with Gasteiger partial charge in [-0.3, -0.25) is 4.90 Å². The molecule has 0 aromatic heterocycles. The Bertz CT molecular complexity index is 275. The first kappa shape index (κ1) is 12.2. The molecular formula is C13H21NO. The van der Waals surface area contributed by atoms with Gasteiger partial charge in [0.25, 0.3) is 0 Å².